The number of H-pyrrole nitrogens is 1. The Morgan fingerprint density at radius 1 is 1.30 bits per heavy atom. The molecule has 0 bridgehead atoms. The molecule has 1 spiro atoms. The minimum Gasteiger partial charge on any atom is -0.342 e. The van der Waals surface area contributed by atoms with Gasteiger partial charge in [0.05, 0.1) is 5.69 Å². The van der Waals surface area contributed by atoms with Crippen molar-refractivity contribution < 1.29 is 4.79 Å². The quantitative estimate of drug-likeness (QED) is 0.880. The van der Waals surface area contributed by atoms with Gasteiger partial charge in [-0.3, -0.25) is 14.4 Å². The molecule has 7 nitrogen and oxygen atoms in total. The van der Waals surface area contributed by atoms with Crippen molar-refractivity contribution in [3.05, 3.63) is 62.2 Å². The van der Waals surface area contributed by atoms with E-state index in [1.807, 2.05) is 4.90 Å². The Balaban J connectivity index is 1.51. The van der Waals surface area contributed by atoms with Gasteiger partial charge in [0.1, 0.15) is 5.82 Å². The van der Waals surface area contributed by atoms with E-state index in [9.17, 15) is 14.4 Å². The lowest BCUT2D eigenvalue weighted by Gasteiger charge is -2.40. The number of pyridine rings is 1. The van der Waals surface area contributed by atoms with Crippen molar-refractivity contribution in [3.63, 3.8) is 0 Å². The van der Waals surface area contributed by atoms with E-state index in [1.54, 1.807) is 29.8 Å². The lowest BCUT2D eigenvalue weighted by molar-refractivity contribution is -0.133. The van der Waals surface area contributed by atoms with Crippen molar-refractivity contribution in [2.75, 3.05) is 13.1 Å². The van der Waals surface area contributed by atoms with Gasteiger partial charge in [-0.2, -0.15) is 0 Å². The Labute approximate surface area is 157 Å². The van der Waals surface area contributed by atoms with Crippen LogP contribution >= 0.6 is 0 Å². The van der Waals surface area contributed by atoms with Gasteiger partial charge >= 0.3 is 0 Å². The van der Waals surface area contributed by atoms with Gasteiger partial charge in [-0.1, -0.05) is 6.07 Å². The summed E-state index contributed by atoms with van der Waals surface area (Å²) >= 11 is 0. The highest BCUT2D eigenvalue weighted by atomic mass is 16.2. The van der Waals surface area contributed by atoms with Gasteiger partial charge in [0.15, 0.2) is 0 Å². The lowest BCUT2D eigenvalue weighted by Crippen LogP contribution is -2.48. The number of amides is 1. The van der Waals surface area contributed by atoms with E-state index in [-0.39, 0.29) is 22.4 Å². The molecule has 3 heterocycles. The van der Waals surface area contributed by atoms with Crippen LogP contribution in [-0.2, 0) is 23.2 Å². The van der Waals surface area contributed by atoms with Crippen LogP contribution in [0.2, 0.25) is 0 Å². The molecule has 142 valence electrons. The molecular formula is C20H24N4O3. The zero-order chi connectivity index (χ0) is 19.0. The molecule has 1 N–H and O–H groups in total. The third-order valence-corrected chi connectivity index (χ3v) is 5.88. The molecule has 27 heavy (non-hydrogen) atoms. The molecule has 0 aromatic carbocycles. The largest absolute Gasteiger partial charge is 0.342 e. The summed E-state index contributed by atoms with van der Waals surface area (Å²) in [6.07, 6.45) is 5.46. The SMILES string of the molecule is Cc1nc2c(c(=O)[nH]1)CCC21CCCN(C(=O)CCn2ccccc2=O)C1. The first kappa shape index (κ1) is 17.7. The Hall–Kier alpha value is -2.70. The molecule has 7 heteroatoms. The van der Waals surface area contributed by atoms with Crippen molar-refractivity contribution in [3.8, 4) is 0 Å². The van der Waals surface area contributed by atoms with Crippen molar-refractivity contribution in [1.29, 1.82) is 0 Å². The van der Waals surface area contributed by atoms with Gasteiger partial charge in [0, 0.05) is 49.3 Å². The summed E-state index contributed by atoms with van der Waals surface area (Å²) in [5.41, 5.74) is 1.34. The fourth-order valence-electron chi connectivity index (χ4n) is 4.53. The fourth-order valence-corrected chi connectivity index (χ4v) is 4.53. The number of nitrogens with zero attached hydrogens (tertiary/aromatic N) is 3. The third kappa shape index (κ3) is 3.22. The van der Waals surface area contributed by atoms with Crippen molar-refractivity contribution in [2.24, 2.45) is 0 Å². The second kappa shape index (κ2) is 6.79. The van der Waals surface area contributed by atoms with Crippen LogP contribution in [0.5, 0.6) is 0 Å². The van der Waals surface area contributed by atoms with Gasteiger partial charge < -0.3 is 14.5 Å². The normalized spacial score (nSPS) is 21.4. The first-order valence-corrected chi connectivity index (χ1v) is 9.52. The van der Waals surface area contributed by atoms with E-state index < -0.39 is 0 Å². The van der Waals surface area contributed by atoms with Crippen LogP contribution in [0.3, 0.4) is 0 Å². The van der Waals surface area contributed by atoms with E-state index in [0.29, 0.717) is 25.3 Å². The Morgan fingerprint density at radius 3 is 2.96 bits per heavy atom. The fraction of sp³-hybridized carbons (Fsp3) is 0.500. The second-order valence-corrected chi connectivity index (χ2v) is 7.66. The number of aromatic nitrogens is 3. The number of carbonyl (C=O) groups excluding carboxylic acids is 1. The molecule has 0 saturated carbocycles. The minimum absolute atomic E-state index is 0.0405. The van der Waals surface area contributed by atoms with Crippen molar-refractivity contribution in [2.45, 2.75) is 51.0 Å². The molecule has 2 aromatic rings. The summed E-state index contributed by atoms with van der Waals surface area (Å²) in [5.74, 6) is 0.687. The summed E-state index contributed by atoms with van der Waals surface area (Å²) in [6.45, 7) is 3.52. The number of rotatable bonds is 3. The Kier molecular flexibility index (Phi) is 4.45. The van der Waals surface area contributed by atoms with Crippen molar-refractivity contribution >= 4 is 5.91 Å². The number of likely N-dealkylation sites (tertiary alicyclic amines) is 1. The highest BCUT2D eigenvalue weighted by Crippen LogP contribution is 2.43. The predicted octanol–water partition coefficient (Wildman–Crippen LogP) is 1.14. The number of hydrogen-bond donors (Lipinski definition) is 1. The maximum absolute atomic E-state index is 12.8. The first-order valence-electron chi connectivity index (χ1n) is 9.52. The van der Waals surface area contributed by atoms with Gasteiger partial charge in [0.2, 0.25) is 5.91 Å². The molecular weight excluding hydrogens is 344 g/mol. The number of fused-ring (bicyclic) bond motifs is 2. The monoisotopic (exact) mass is 368 g/mol. The topological polar surface area (TPSA) is 88.1 Å². The molecule has 1 unspecified atom stereocenters. The summed E-state index contributed by atoms with van der Waals surface area (Å²) in [6, 6.07) is 4.99. The standard InChI is InChI=1S/C20H24N4O3/c1-14-21-18-15(19(27)22-14)6-9-20(18)8-4-11-24(13-20)17(26)7-12-23-10-3-2-5-16(23)25/h2-3,5,10H,4,6-9,11-13H2,1H3,(H,21,22,27). The zero-order valence-electron chi connectivity index (χ0n) is 15.5. The highest BCUT2D eigenvalue weighted by molar-refractivity contribution is 5.76. The molecule has 0 radical (unpaired) electrons. The number of aromatic amines is 1. The van der Waals surface area contributed by atoms with Crippen LogP contribution in [0.25, 0.3) is 0 Å². The third-order valence-electron chi connectivity index (χ3n) is 5.88. The predicted molar refractivity (Wildman–Crippen MR) is 101 cm³/mol. The van der Waals surface area contributed by atoms with Crippen molar-refractivity contribution in [1.82, 2.24) is 19.4 Å². The van der Waals surface area contributed by atoms with Crippen LogP contribution in [0.4, 0.5) is 0 Å². The molecule has 4 rings (SSSR count). The average Bonchev–Trinajstić information content (AvgIpc) is 2.99. The van der Waals surface area contributed by atoms with Crippen LogP contribution in [0.1, 0.15) is 42.8 Å². The van der Waals surface area contributed by atoms with Crippen LogP contribution < -0.4 is 11.1 Å². The van der Waals surface area contributed by atoms with Gasteiger partial charge in [-0.05, 0) is 38.7 Å². The van der Waals surface area contributed by atoms with E-state index in [1.165, 1.54) is 6.07 Å². The first-order chi connectivity index (χ1) is 13.0. The Morgan fingerprint density at radius 2 is 2.15 bits per heavy atom. The Bertz CT molecular complexity index is 993. The summed E-state index contributed by atoms with van der Waals surface area (Å²) in [5, 5.41) is 0. The van der Waals surface area contributed by atoms with Gasteiger partial charge in [-0.25, -0.2) is 4.98 Å². The van der Waals surface area contributed by atoms with Crippen LogP contribution in [0.15, 0.2) is 34.0 Å². The zero-order valence-corrected chi connectivity index (χ0v) is 15.5. The maximum Gasteiger partial charge on any atom is 0.254 e. The van der Waals surface area contributed by atoms with E-state index in [4.69, 9.17) is 0 Å². The van der Waals surface area contributed by atoms with E-state index in [0.717, 1.165) is 43.5 Å². The summed E-state index contributed by atoms with van der Waals surface area (Å²) < 4.78 is 1.56. The highest BCUT2D eigenvalue weighted by Gasteiger charge is 2.45. The molecule has 2 aromatic heterocycles. The number of nitrogens with one attached hydrogen (secondary N) is 1. The van der Waals surface area contributed by atoms with Crippen LogP contribution in [0, 0.1) is 6.92 Å². The van der Waals surface area contributed by atoms with E-state index in [2.05, 4.69) is 9.97 Å². The molecule has 2 aliphatic rings. The molecule has 1 aliphatic heterocycles. The van der Waals surface area contributed by atoms with E-state index >= 15 is 0 Å². The molecule has 1 fully saturated rings. The summed E-state index contributed by atoms with van der Waals surface area (Å²) in [7, 11) is 0. The van der Waals surface area contributed by atoms with Gasteiger partial charge in [0.25, 0.3) is 11.1 Å². The molecule has 1 aliphatic carbocycles. The lowest BCUT2D eigenvalue weighted by atomic mass is 9.77. The number of aryl methyl sites for hydroxylation is 2. The maximum atomic E-state index is 12.8. The number of carbonyl (C=O) groups is 1. The van der Waals surface area contributed by atoms with Crippen LogP contribution in [-0.4, -0.2) is 38.4 Å². The second-order valence-electron chi connectivity index (χ2n) is 7.66. The number of hydrogen-bond acceptors (Lipinski definition) is 4. The number of piperidine rings is 1. The van der Waals surface area contributed by atoms with Gasteiger partial charge in [-0.15, -0.1) is 0 Å². The molecule has 1 atom stereocenters. The molecule has 1 saturated heterocycles. The smallest absolute Gasteiger partial charge is 0.254 e. The average molecular weight is 368 g/mol. The minimum atomic E-state index is -0.203. The summed E-state index contributed by atoms with van der Waals surface area (Å²) in [4.78, 5) is 46.2. The molecule has 1 amide bonds.